The van der Waals surface area contributed by atoms with Crippen LogP contribution in [0.1, 0.15) is 13.8 Å². The highest BCUT2D eigenvalue weighted by Gasteiger charge is 2.40. The topological polar surface area (TPSA) is 107 Å². The van der Waals surface area contributed by atoms with Gasteiger partial charge in [0, 0.05) is 0 Å². The quantitative estimate of drug-likeness (QED) is 0.369. The Labute approximate surface area is 91.3 Å². The van der Waals surface area contributed by atoms with Crippen molar-refractivity contribution in [3.05, 3.63) is 0 Å². The van der Waals surface area contributed by atoms with Crippen molar-refractivity contribution in [2.24, 2.45) is 5.92 Å². The van der Waals surface area contributed by atoms with Gasteiger partial charge in [0.1, 0.15) is 0 Å². The maximum absolute atomic E-state index is 11.2. The average molecular weight is 232 g/mol. The van der Waals surface area contributed by atoms with E-state index in [-0.39, 0.29) is 13.2 Å². The monoisotopic (exact) mass is 232 g/mol. The number of carboxylic acids is 1. The summed E-state index contributed by atoms with van der Waals surface area (Å²) in [6, 6.07) is 0. The Balaban J connectivity index is 4.89. The van der Waals surface area contributed by atoms with Crippen LogP contribution in [0.2, 0.25) is 0 Å². The van der Waals surface area contributed by atoms with E-state index in [0.717, 1.165) is 0 Å². The summed E-state index contributed by atoms with van der Waals surface area (Å²) in [5.41, 5.74) is 0. The van der Waals surface area contributed by atoms with Crippen molar-refractivity contribution >= 4 is 23.7 Å². The molecule has 0 aromatic heterocycles. The number of esters is 2. The van der Waals surface area contributed by atoms with E-state index in [2.05, 4.69) is 9.47 Å². The molecule has 0 aliphatic carbocycles. The van der Waals surface area contributed by atoms with E-state index < -0.39 is 29.6 Å². The summed E-state index contributed by atoms with van der Waals surface area (Å²) < 4.78 is 8.84. The Morgan fingerprint density at radius 3 is 1.62 bits per heavy atom. The highest BCUT2D eigenvalue weighted by molar-refractivity contribution is 6.41. The van der Waals surface area contributed by atoms with E-state index in [1.807, 2.05) is 0 Å². The van der Waals surface area contributed by atoms with Crippen LogP contribution in [0.3, 0.4) is 0 Å². The Morgan fingerprint density at radius 1 is 1.00 bits per heavy atom. The van der Waals surface area contributed by atoms with E-state index >= 15 is 0 Å². The van der Waals surface area contributed by atoms with Gasteiger partial charge in [-0.1, -0.05) is 0 Å². The summed E-state index contributed by atoms with van der Waals surface area (Å²) in [5.74, 6) is -7.91. The van der Waals surface area contributed by atoms with E-state index in [9.17, 15) is 19.2 Å². The first-order chi connectivity index (χ1) is 7.45. The van der Waals surface area contributed by atoms with Crippen LogP contribution in [0.15, 0.2) is 0 Å². The van der Waals surface area contributed by atoms with Gasteiger partial charge in [-0.2, -0.15) is 0 Å². The number of rotatable bonds is 6. The minimum absolute atomic E-state index is 0.0678. The first-order valence-electron chi connectivity index (χ1n) is 4.56. The fourth-order valence-electron chi connectivity index (χ4n) is 0.885. The molecule has 0 aliphatic heterocycles. The fourth-order valence-corrected chi connectivity index (χ4v) is 0.885. The molecule has 0 rings (SSSR count). The molecule has 0 fully saturated rings. The lowest BCUT2D eigenvalue weighted by Crippen LogP contribution is -2.38. The zero-order valence-electron chi connectivity index (χ0n) is 8.89. The van der Waals surface area contributed by atoms with Crippen molar-refractivity contribution in [3.63, 3.8) is 0 Å². The third-order valence-corrected chi connectivity index (χ3v) is 1.52. The SMILES string of the molecule is CCOC(=O)C(C(=O)OCC)C(=O)C(=O)O. The summed E-state index contributed by atoms with van der Waals surface area (Å²) in [5, 5.41) is 8.42. The minimum Gasteiger partial charge on any atom is -0.475 e. The predicted octanol–water partition coefficient (Wildman–Crippen LogP) is -0.617. The van der Waals surface area contributed by atoms with Crippen LogP contribution in [-0.2, 0) is 28.7 Å². The molecule has 0 unspecified atom stereocenters. The van der Waals surface area contributed by atoms with Gasteiger partial charge in [0.2, 0.25) is 5.92 Å². The van der Waals surface area contributed by atoms with Crippen molar-refractivity contribution in [1.82, 2.24) is 0 Å². The van der Waals surface area contributed by atoms with Crippen LogP contribution >= 0.6 is 0 Å². The lowest BCUT2D eigenvalue weighted by atomic mass is 10.1. The maximum Gasteiger partial charge on any atom is 0.373 e. The van der Waals surface area contributed by atoms with Crippen molar-refractivity contribution < 1.29 is 33.8 Å². The number of ketones is 1. The van der Waals surface area contributed by atoms with E-state index in [0.29, 0.717) is 0 Å². The summed E-state index contributed by atoms with van der Waals surface area (Å²) in [6.45, 7) is 2.79. The molecule has 0 saturated heterocycles. The van der Waals surface area contributed by atoms with Crippen LogP contribution in [0, 0.1) is 5.92 Å². The number of carboxylic acid groups (broad SMARTS) is 1. The number of aliphatic carboxylic acids is 1. The molecule has 0 saturated carbocycles. The van der Waals surface area contributed by atoms with Gasteiger partial charge in [-0.05, 0) is 13.8 Å². The van der Waals surface area contributed by atoms with Gasteiger partial charge in [-0.3, -0.25) is 14.4 Å². The molecule has 16 heavy (non-hydrogen) atoms. The highest BCUT2D eigenvalue weighted by atomic mass is 16.6. The average Bonchev–Trinajstić information content (AvgIpc) is 2.18. The molecule has 7 nitrogen and oxygen atoms in total. The summed E-state index contributed by atoms with van der Waals surface area (Å²) in [4.78, 5) is 43.9. The van der Waals surface area contributed by atoms with Crippen LogP contribution in [0.4, 0.5) is 0 Å². The first-order valence-corrected chi connectivity index (χ1v) is 4.56. The molecule has 0 aromatic rings. The molecule has 90 valence electrons. The number of Topliss-reactive ketones (excluding diaryl/α,β-unsaturated/α-hetero) is 1. The van der Waals surface area contributed by atoms with Crippen LogP contribution in [-0.4, -0.2) is 42.0 Å². The van der Waals surface area contributed by atoms with Gasteiger partial charge >= 0.3 is 17.9 Å². The standard InChI is InChI=1S/C9H12O7/c1-3-15-8(13)5(6(10)7(11)12)9(14)16-4-2/h5H,3-4H2,1-2H3,(H,11,12). The summed E-state index contributed by atoms with van der Waals surface area (Å²) >= 11 is 0. The Morgan fingerprint density at radius 2 is 1.38 bits per heavy atom. The lowest BCUT2D eigenvalue weighted by Gasteiger charge is -2.10. The number of carbonyl (C=O) groups is 4. The van der Waals surface area contributed by atoms with Crippen molar-refractivity contribution in [1.29, 1.82) is 0 Å². The summed E-state index contributed by atoms with van der Waals surface area (Å²) in [7, 11) is 0. The molecule has 0 spiro atoms. The minimum atomic E-state index is -2.04. The van der Waals surface area contributed by atoms with Crippen LogP contribution in [0.25, 0.3) is 0 Å². The molecular formula is C9H12O7. The molecule has 0 atom stereocenters. The third-order valence-electron chi connectivity index (χ3n) is 1.52. The predicted molar refractivity (Wildman–Crippen MR) is 49.4 cm³/mol. The molecule has 0 amide bonds. The number of hydrogen-bond donors (Lipinski definition) is 1. The smallest absolute Gasteiger partial charge is 0.373 e. The number of ether oxygens (including phenoxy) is 2. The van der Waals surface area contributed by atoms with Crippen molar-refractivity contribution in [2.75, 3.05) is 13.2 Å². The molecule has 0 aliphatic rings. The Hall–Kier alpha value is -1.92. The normalized spacial score (nSPS) is 9.69. The van der Waals surface area contributed by atoms with Crippen LogP contribution in [0.5, 0.6) is 0 Å². The Kier molecular flexibility index (Phi) is 5.76. The molecule has 0 heterocycles. The second-order valence-corrected chi connectivity index (χ2v) is 2.61. The molecule has 0 radical (unpaired) electrons. The summed E-state index contributed by atoms with van der Waals surface area (Å²) in [6.07, 6.45) is 0. The van der Waals surface area contributed by atoms with E-state index in [4.69, 9.17) is 5.11 Å². The number of carbonyl (C=O) groups excluding carboxylic acids is 3. The highest BCUT2D eigenvalue weighted by Crippen LogP contribution is 2.06. The molecule has 1 N–H and O–H groups in total. The van der Waals surface area contributed by atoms with Gasteiger partial charge in [0.05, 0.1) is 13.2 Å². The largest absolute Gasteiger partial charge is 0.475 e. The van der Waals surface area contributed by atoms with Crippen molar-refractivity contribution in [2.45, 2.75) is 13.8 Å². The van der Waals surface area contributed by atoms with Crippen molar-refractivity contribution in [3.8, 4) is 0 Å². The lowest BCUT2D eigenvalue weighted by molar-refractivity contribution is -0.168. The zero-order chi connectivity index (χ0) is 12.7. The Bertz CT molecular complexity index is 289. The molecular weight excluding hydrogens is 220 g/mol. The molecule has 0 aromatic carbocycles. The number of hydrogen-bond acceptors (Lipinski definition) is 6. The van der Waals surface area contributed by atoms with Gasteiger partial charge in [-0.15, -0.1) is 0 Å². The maximum atomic E-state index is 11.2. The van der Waals surface area contributed by atoms with Crippen LogP contribution < -0.4 is 0 Å². The van der Waals surface area contributed by atoms with Gasteiger partial charge in [0.25, 0.3) is 5.78 Å². The zero-order valence-corrected chi connectivity index (χ0v) is 8.89. The third kappa shape index (κ3) is 3.68. The van der Waals surface area contributed by atoms with Gasteiger partial charge in [0.15, 0.2) is 0 Å². The van der Waals surface area contributed by atoms with Gasteiger partial charge in [-0.25, -0.2) is 4.79 Å². The fraction of sp³-hybridized carbons (Fsp3) is 0.556. The second-order valence-electron chi connectivity index (χ2n) is 2.61. The second kappa shape index (κ2) is 6.54. The molecule has 0 bridgehead atoms. The molecule has 7 heteroatoms. The van der Waals surface area contributed by atoms with E-state index in [1.54, 1.807) is 0 Å². The first kappa shape index (κ1) is 14.1. The van der Waals surface area contributed by atoms with Gasteiger partial charge < -0.3 is 14.6 Å². The van der Waals surface area contributed by atoms with E-state index in [1.165, 1.54) is 13.8 Å².